The Hall–Kier alpha value is -2.40. The predicted molar refractivity (Wildman–Crippen MR) is 98.3 cm³/mol. The summed E-state index contributed by atoms with van der Waals surface area (Å²) in [4.78, 5) is 24.8. The van der Waals surface area contributed by atoms with Gasteiger partial charge in [-0.1, -0.05) is 49.2 Å². The number of carbonyl (C=O) groups is 2. The van der Waals surface area contributed by atoms with Crippen molar-refractivity contribution in [2.45, 2.75) is 50.2 Å². The molecule has 0 bridgehead atoms. The molecular formula is C20H23N3O2. The van der Waals surface area contributed by atoms with Gasteiger partial charge in [0.05, 0.1) is 12.5 Å². The molecule has 5 nitrogen and oxygen atoms in total. The minimum Gasteiger partial charge on any atom is -0.350 e. The molecule has 2 amide bonds. The van der Waals surface area contributed by atoms with Gasteiger partial charge in [0.15, 0.2) is 0 Å². The Morgan fingerprint density at radius 1 is 1.04 bits per heavy atom. The fourth-order valence-electron chi connectivity index (χ4n) is 3.99. The minimum atomic E-state index is -0.450. The first kappa shape index (κ1) is 16.1. The van der Waals surface area contributed by atoms with Crippen LogP contribution in [0.5, 0.6) is 0 Å². The van der Waals surface area contributed by atoms with E-state index in [1.807, 2.05) is 42.5 Å². The molecule has 2 aromatic carbocycles. The maximum Gasteiger partial charge on any atom is 0.237 e. The van der Waals surface area contributed by atoms with Gasteiger partial charge in [0.25, 0.3) is 0 Å². The molecule has 0 spiro atoms. The maximum absolute atomic E-state index is 12.5. The summed E-state index contributed by atoms with van der Waals surface area (Å²) in [6.07, 6.45) is 4.58. The van der Waals surface area contributed by atoms with Gasteiger partial charge in [0, 0.05) is 23.2 Å². The van der Waals surface area contributed by atoms with Crippen LogP contribution in [0.3, 0.4) is 0 Å². The lowest BCUT2D eigenvalue weighted by Gasteiger charge is -2.40. The monoisotopic (exact) mass is 337 g/mol. The number of hydrogen-bond donors (Lipinski definition) is 3. The van der Waals surface area contributed by atoms with Gasteiger partial charge in [0.1, 0.15) is 0 Å². The van der Waals surface area contributed by atoms with E-state index in [0.29, 0.717) is 6.04 Å². The molecule has 1 aliphatic heterocycles. The molecule has 0 unspecified atom stereocenters. The Morgan fingerprint density at radius 2 is 1.80 bits per heavy atom. The smallest absolute Gasteiger partial charge is 0.237 e. The number of amides is 2. The Kier molecular flexibility index (Phi) is 4.40. The van der Waals surface area contributed by atoms with E-state index in [1.165, 1.54) is 6.42 Å². The number of benzene rings is 2. The zero-order valence-electron chi connectivity index (χ0n) is 14.1. The van der Waals surface area contributed by atoms with Crippen LogP contribution in [0.15, 0.2) is 42.5 Å². The maximum atomic E-state index is 12.5. The molecule has 0 radical (unpaired) electrons. The van der Waals surface area contributed by atoms with Crippen LogP contribution >= 0.6 is 0 Å². The molecule has 1 saturated heterocycles. The van der Waals surface area contributed by atoms with Gasteiger partial charge in [-0.05, 0) is 24.3 Å². The van der Waals surface area contributed by atoms with E-state index in [9.17, 15) is 9.59 Å². The van der Waals surface area contributed by atoms with Crippen molar-refractivity contribution in [2.75, 3.05) is 5.32 Å². The van der Waals surface area contributed by atoms with Gasteiger partial charge in [-0.15, -0.1) is 0 Å². The number of piperazine rings is 1. The van der Waals surface area contributed by atoms with Crippen LogP contribution in [0.2, 0.25) is 0 Å². The van der Waals surface area contributed by atoms with Crippen LogP contribution in [-0.2, 0) is 9.59 Å². The van der Waals surface area contributed by atoms with Crippen molar-refractivity contribution in [3.05, 3.63) is 42.5 Å². The zero-order chi connectivity index (χ0) is 17.2. The third kappa shape index (κ3) is 3.37. The van der Waals surface area contributed by atoms with Gasteiger partial charge in [-0.2, -0.15) is 0 Å². The number of fused-ring (bicyclic) bond motifs is 2. The zero-order valence-corrected chi connectivity index (χ0v) is 14.1. The van der Waals surface area contributed by atoms with Gasteiger partial charge >= 0.3 is 0 Å². The van der Waals surface area contributed by atoms with E-state index in [2.05, 4.69) is 16.0 Å². The van der Waals surface area contributed by atoms with Gasteiger partial charge in [0.2, 0.25) is 11.8 Å². The summed E-state index contributed by atoms with van der Waals surface area (Å²) < 4.78 is 0. The average molecular weight is 337 g/mol. The first-order valence-electron chi connectivity index (χ1n) is 9.05. The van der Waals surface area contributed by atoms with Crippen molar-refractivity contribution in [3.63, 3.8) is 0 Å². The van der Waals surface area contributed by atoms with E-state index in [0.717, 1.165) is 35.7 Å². The standard InChI is InChI=1S/C20H23N3O2/c24-19(22-15-11-5-7-13-6-1-2-8-14(13)15)12-18-20(25)23-17-10-4-3-9-16(17)21-18/h1-2,5-8,11,16-18,21H,3-4,9-10,12H2,(H,22,24)(H,23,25)/t16-,17+,18+/m0/s1. The summed E-state index contributed by atoms with van der Waals surface area (Å²) in [5, 5.41) is 11.5. The van der Waals surface area contributed by atoms with Crippen LogP contribution < -0.4 is 16.0 Å². The molecule has 3 atom stereocenters. The SMILES string of the molecule is O=C(C[C@H]1N[C@H]2CCCC[C@H]2NC1=O)Nc1cccc2ccccc12. The largest absolute Gasteiger partial charge is 0.350 e. The summed E-state index contributed by atoms with van der Waals surface area (Å²) in [5.74, 6) is -0.200. The topological polar surface area (TPSA) is 70.2 Å². The van der Waals surface area contributed by atoms with Gasteiger partial charge < -0.3 is 16.0 Å². The number of nitrogens with one attached hydrogen (secondary N) is 3. The molecule has 2 aliphatic rings. The molecule has 0 aromatic heterocycles. The van der Waals surface area contributed by atoms with Gasteiger partial charge in [-0.25, -0.2) is 0 Å². The second-order valence-electron chi connectivity index (χ2n) is 7.00. The quantitative estimate of drug-likeness (QED) is 0.806. The molecular weight excluding hydrogens is 314 g/mol. The number of rotatable bonds is 3. The van der Waals surface area contributed by atoms with Crippen molar-refractivity contribution in [3.8, 4) is 0 Å². The molecule has 2 aromatic rings. The Balaban J connectivity index is 1.44. The summed E-state index contributed by atoms with van der Waals surface area (Å²) in [5.41, 5.74) is 0.787. The summed E-state index contributed by atoms with van der Waals surface area (Å²) in [7, 11) is 0. The fraction of sp³-hybridized carbons (Fsp3) is 0.400. The molecule has 4 rings (SSSR count). The molecule has 5 heteroatoms. The first-order chi connectivity index (χ1) is 12.2. The van der Waals surface area contributed by atoms with Crippen molar-refractivity contribution in [2.24, 2.45) is 0 Å². The van der Waals surface area contributed by atoms with Crippen LogP contribution in [0.4, 0.5) is 5.69 Å². The summed E-state index contributed by atoms with van der Waals surface area (Å²) in [6, 6.07) is 13.8. The third-order valence-corrected chi connectivity index (χ3v) is 5.28. The van der Waals surface area contributed by atoms with Crippen LogP contribution in [0, 0.1) is 0 Å². The minimum absolute atomic E-state index is 0.0591. The first-order valence-corrected chi connectivity index (χ1v) is 9.05. The van der Waals surface area contributed by atoms with Crippen molar-refractivity contribution in [1.82, 2.24) is 10.6 Å². The van der Waals surface area contributed by atoms with E-state index in [-0.39, 0.29) is 24.3 Å². The molecule has 1 saturated carbocycles. The normalized spacial score (nSPS) is 25.9. The average Bonchev–Trinajstić information content (AvgIpc) is 2.63. The molecule has 2 fully saturated rings. The molecule has 25 heavy (non-hydrogen) atoms. The number of hydrogen-bond acceptors (Lipinski definition) is 3. The van der Waals surface area contributed by atoms with Crippen LogP contribution in [0.25, 0.3) is 10.8 Å². The second-order valence-corrected chi connectivity index (χ2v) is 7.00. The summed E-state index contributed by atoms with van der Waals surface area (Å²) >= 11 is 0. The highest BCUT2D eigenvalue weighted by atomic mass is 16.2. The lowest BCUT2D eigenvalue weighted by Crippen LogP contribution is -2.65. The molecule has 1 aliphatic carbocycles. The van der Waals surface area contributed by atoms with E-state index < -0.39 is 6.04 Å². The number of carbonyl (C=O) groups excluding carboxylic acids is 2. The van der Waals surface area contributed by atoms with Crippen molar-refractivity contribution < 1.29 is 9.59 Å². The predicted octanol–water partition coefficient (Wildman–Crippen LogP) is 2.57. The highest BCUT2D eigenvalue weighted by Gasteiger charge is 2.36. The third-order valence-electron chi connectivity index (χ3n) is 5.28. The fourth-order valence-corrected chi connectivity index (χ4v) is 3.99. The van der Waals surface area contributed by atoms with Crippen molar-refractivity contribution >= 4 is 28.3 Å². The van der Waals surface area contributed by atoms with Gasteiger partial charge in [-0.3, -0.25) is 9.59 Å². The van der Waals surface area contributed by atoms with E-state index >= 15 is 0 Å². The van der Waals surface area contributed by atoms with E-state index in [1.54, 1.807) is 0 Å². The Labute approximate surface area is 147 Å². The summed E-state index contributed by atoms with van der Waals surface area (Å²) in [6.45, 7) is 0. The highest BCUT2D eigenvalue weighted by Crippen LogP contribution is 2.24. The number of anilines is 1. The second kappa shape index (κ2) is 6.84. The molecule has 3 N–H and O–H groups in total. The van der Waals surface area contributed by atoms with Crippen molar-refractivity contribution in [1.29, 1.82) is 0 Å². The lowest BCUT2D eigenvalue weighted by molar-refractivity contribution is -0.129. The Bertz CT molecular complexity index is 799. The molecule has 1 heterocycles. The van der Waals surface area contributed by atoms with Crippen LogP contribution in [0.1, 0.15) is 32.1 Å². The van der Waals surface area contributed by atoms with Crippen LogP contribution in [-0.4, -0.2) is 29.9 Å². The highest BCUT2D eigenvalue weighted by molar-refractivity contribution is 6.03. The lowest BCUT2D eigenvalue weighted by atomic mass is 9.87. The Morgan fingerprint density at radius 3 is 2.68 bits per heavy atom. The molecule has 130 valence electrons. The van der Waals surface area contributed by atoms with E-state index in [4.69, 9.17) is 0 Å².